The summed E-state index contributed by atoms with van der Waals surface area (Å²) < 4.78 is 1.90. The van der Waals surface area contributed by atoms with Gasteiger partial charge < -0.3 is 4.98 Å². The van der Waals surface area contributed by atoms with E-state index in [-0.39, 0.29) is 17.1 Å². The van der Waals surface area contributed by atoms with E-state index in [0.29, 0.717) is 5.41 Å². The van der Waals surface area contributed by atoms with Crippen molar-refractivity contribution in [2.45, 2.75) is 84.2 Å². The molecule has 0 radical (unpaired) electrons. The molecule has 176 valence electrons. The molecule has 1 unspecified atom stereocenters. The smallest absolute Gasteiger partial charge is 0.253 e. The van der Waals surface area contributed by atoms with Gasteiger partial charge in [-0.1, -0.05) is 31.4 Å². The first-order chi connectivity index (χ1) is 15.8. The fraction of sp³-hybridized carbons (Fsp3) is 0.615. The molecule has 1 atom stereocenters. The highest BCUT2D eigenvalue weighted by Crippen LogP contribution is 2.45. The molecule has 2 aliphatic rings. The summed E-state index contributed by atoms with van der Waals surface area (Å²) in [5, 5.41) is 14.0. The third-order valence-electron chi connectivity index (χ3n) is 7.67. The highest BCUT2D eigenvalue weighted by molar-refractivity contribution is 5.79. The number of H-pyrrole nitrogens is 1. The highest BCUT2D eigenvalue weighted by atomic mass is 16.1. The van der Waals surface area contributed by atoms with Crippen molar-refractivity contribution in [3.05, 3.63) is 51.6 Å². The predicted octanol–water partition coefficient (Wildman–Crippen LogP) is 4.71. The molecule has 2 aromatic heterocycles. The van der Waals surface area contributed by atoms with Crippen molar-refractivity contribution in [3.63, 3.8) is 0 Å². The molecular formula is C26H36N6O. The van der Waals surface area contributed by atoms with Crippen molar-refractivity contribution < 1.29 is 0 Å². The molecule has 1 N–H and O–H groups in total. The molecule has 1 saturated carbocycles. The van der Waals surface area contributed by atoms with Crippen LogP contribution in [-0.2, 0) is 5.54 Å². The lowest BCUT2D eigenvalue weighted by atomic mass is 9.69. The van der Waals surface area contributed by atoms with Crippen LogP contribution in [0, 0.1) is 12.3 Å². The predicted molar refractivity (Wildman–Crippen MR) is 130 cm³/mol. The molecule has 1 aliphatic heterocycles. The number of benzene rings is 1. The first-order valence-electron chi connectivity index (χ1n) is 12.4. The van der Waals surface area contributed by atoms with Crippen LogP contribution in [-0.4, -0.2) is 43.2 Å². The first-order valence-corrected chi connectivity index (χ1v) is 12.4. The maximum absolute atomic E-state index is 13.5. The maximum atomic E-state index is 13.5. The summed E-state index contributed by atoms with van der Waals surface area (Å²) in [6.45, 7) is 10.3. The summed E-state index contributed by atoms with van der Waals surface area (Å²) in [5.41, 5.74) is 2.77. The van der Waals surface area contributed by atoms with Gasteiger partial charge in [0.1, 0.15) is 6.04 Å². The minimum absolute atomic E-state index is 0.0511. The number of hydrogen-bond acceptors (Lipinski definition) is 5. The maximum Gasteiger partial charge on any atom is 0.253 e. The van der Waals surface area contributed by atoms with Gasteiger partial charge in [0.2, 0.25) is 0 Å². The number of aromatic amines is 1. The summed E-state index contributed by atoms with van der Waals surface area (Å²) in [5.74, 6) is 0.757. The van der Waals surface area contributed by atoms with E-state index in [4.69, 9.17) is 0 Å². The van der Waals surface area contributed by atoms with Crippen molar-refractivity contribution >= 4 is 10.9 Å². The molecule has 7 heteroatoms. The average molecular weight is 449 g/mol. The topological polar surface area (TPSA) is 79.7 Å². The van der Waals surface area contributed by atoms with Crippen LogP contribution in [0.2, 0.25) is 0 Å². The molecule has 2 fully saturated rings. The number of tetrazole rings is 1. The van der Waals surface area contributed by atoms with Crippen LogP contribution in [0.3, 0.4) is 0 Å². The number of nitrogens with zero attached hydrogens (tertiary/aromatic N) is 5. The Morgan fingerprint density at radius 2 is 1.82 bits per heavy atom. The normalized spacial score (nSPS) is 20.4. The zero-order valence-corrected chi connectivity index (χ0v) is 20.4. The molecule has 1 saturated heterocycles. The Labute approximate surface area is 195 Å². The number of nitrogens with one attached hydrogen (secondary N) is 1. The van der Waals surface area contributed by atoms with Crippen LogP contribution < -0.4 is 5.56 Å². The standard InChI is InChI=1S/C26H36N6O/c1-18-9-10-19-16-20(24(33)27-21(19)15-18)22(23-28-29-30-32(23)25(2,3)4)31-14-8-13-26(17-31)11-6-5-7-12-26/h9-10,15-16,22H,5-8,11-14,17H2,1-4H3,(H,27,33). The Bertz CT molecular complexity index is 1190. The van der Waals surface area contributed by atoms with Gasteiger partial charge >= 0.3 is 0 Å². The Morgan fingerprint density at radius 3 is 2.58 bits per heavy atom. The van der Waals surface area contributed by atoms with Gasteiger partial charge in [0.15, 0.2) is 5.82 Å². The van der Waals surface area contributed by atoms with Crippen molar-refractivity contribution in [2.24, 2.45) is 5.41 Å². The largest absolute Gasteiger partial charge is 0.322 e. The van der Waals surface area contributed by atoms with Gasteiger partial charge in [-0.05, 0) is 98.8 Å². The molecule has 1 spiro atoms. The lowest BCUT2D eigenvalue weighted by Gasteiger charge is -2.47. The van der Waals surface area contributed by atoms with E-state index >= 15 is 0 Å². The summed E-state index contributed by atoms with van der Waals surface area (Å²) >= 11 is 0. The second kappa shape index (κ2) is 8.35. The van der Waals surface area contributed by atoms with E-state index in [1.54, 1.807) is 0 Å². The Balaban J connectivity index is 1.65. The van der Waals surface area contributed by atoms with Gasteiger partial charge in [-0.25, -0.2) is 4.68 Å². The van der Waals surface area contributed by atoms with Crippen LogP contribution in [0.1, 0.15) is 88.7 Å². The molecule has 33 heavy (non-hydrogen) atoms. The van der Waals surface area contributed by atoms with Gasteiger partial charge in [-0.15, -0.1) is 5.10 Å². The number of pyridine rings is 1. The van der Waals surface area contributed by atoms with Gasteiger partial charge in [-0.2, -0.15) is 0 Å². The summed E-state index contributed by atoms with van der Waals surface area (Å²) in [6.07, 6.45) is 8.98. The van der Waals surface area contributed by atoms with Crippen LogP contribution >= 0.6 is 0 Å². The third kappa shape index (κ3) is 4.23. The molecule has 1 aliphatic carbocycles. The van der Waals surface area contributed by atoms with Crippen LogP contribution in [0.5, 0.6) is 0 Å². The molecule has 3 heterocycles. The molecule has 3 aromatic rings. The number of rotatable bonds is 3. The van der Waals surface area contributed by atoms with E-state index in [2.05, 4.69) is 64.4 Å². The quantitative estimate of drug-likeness (QED) is 0.627. The average Bonchev–Trinajstić information content (AvgIpc) is 3.25. The van der Waals surface area contributed by atoms with Crippen molar-refractivity contribution in [2.75, 3.05) is 13.1 Å². The number of hydrogen-bond donors (Lipinski definition) is 1. The molecule has 0 amide bonds. The van der Waals surface area contributed by atoms with Gasteiger partial charge in [0.05, 0.1) is 5.54 Å². The fourth-order valence-electron chi connectivity index (χ4n) is 6.05. The van der Waals surface area contributed by atoms with Crippen molar-refractivity contribution in [1.82, 2.24) is 30.1 Å². The van der Waals surface area contributed by atoms with Crippen molar-refractivity contribution in [1.29, 1.82) is 0 Å². The molecular weight excluding hydrogens is 412 g/mol. The number of aromatic nitrogens is 5. The summed E-state index contributed by atoms with van der Waals surface area (Å²) in [6, 6.07) is 8.01. The zero-order valence-electron chi connectivity index (χ0n) is 20.4. The number of likely N-dealkylation sites (tertiary alicyclic amines) is 1. The highest BCUT2D eigenvalue weighted by Gasteiger charge is 2.41. The summed E-state index contributed by atoms with van der Waals surface area (Å²) in [7, 11) is 0. The number of fused-ring (bicyclic) bond motifs is 1. The third-order valence-corrected chi connectivity index (χ3v) is 7.67. The number of aryl methyl sites for hydroxylation is 1. The SMILES string of the molecule is Cc1ccc2cc(C(c3nnnn3C(C)(C)C)N3CCCC4(CCCCC4)C3)c(=O)[nH]c2c1. The minimum atomic E-state index is -0.282. The molecule has 5 rings (SSSR count). The van der Waals surface area contributed by atoms with Crippen LogP contribution in [0.4, 0.5) is 0 Å². The Hall–Kier alpha value is -2.54. The van der Waals surface area contributed by atoms with E-state index < -0.39 is 0 Å². The minimum Gasteiger partial charge on any atom is -0.322 e. The van der Waals surface area contributed by atoms with E-state index in [9.17, 15) is 4.79 Å². The second-order valence-corrected chi connectivity index (χ2v) is 11.3. The lowest BCUT2D eigenvalue weighted by molar-refractivity contribution is 0.0329. The van der Waals surface area contributed by atoms with Crippen LogP contribution in [0.25, 0.3) is 10.9 Å². The molecule has 1 aromatic carbocycles. The zero-order chi connectivity index (χ0) is 23.2. The Morgan fingerprint density at radius 1 is 1.06 bits per heavy atom. The van der Waals surface area contributed by atoms with Crippen LogP contribution in [0.15, 0.2) is 29.1 Å². The first kappa shape index (κ1) is 22.3. The summed E-state index contributed by atoms with van der Waals surface area (Å²) in [4.78, 5) is 19.1. The number of piperidine rings is 1. The van der Waals surface area contributed by atoms with Gasteiger partial charge in [0, 0.05) is 17.6 Å². The monoisotopic (exact) mass is 448 g/mol. The lowest BCUT2D eigenvalue weighted by Crippen LogP contribution is -2.48. The fourth-order valence-corrected chi connectivity index (χ4v) is 6.05. The molecule has 7 nitrogen and oxygen atoms in total. The van der Waals surface area contributed by atoms with Gasteiger partial charge in [-0.3, -0.25) is 9.69 Å². The van der Waals surface area contributed by atoms with Crippen molar-refractivity contribution in [3.8, 4) is 0 Å². The van der Waals surface area contributed by atoms with Gasteiger partial charge in [0.25, 0.3) is 5.56 Å². The molecule has 0 bridgehead atoms. The van der Waals surface area contributed by atoms with E-state index in [1.165, 1.54) is 38.5 Å². The Kier molecular flexibility index (Phi) is 5.63. The van der Waals surface area contributed by atoms with E-state index in [1.807, 2.05) is 17.7 Å². The second-order valence-electron chi connectivity index (χ2n) is 11.3. The van der Waals surface area contributed by atoms with E-state index in [0.717, 1.165) is 47.4 Å².